The van der Waals surface area contributed by atoms with Crippen molar-refractivity contribution in [3.8, 4) is 11.3 Å². The van der Waals surface area contributed by atoms with E-state index >= 15 is 0 Å². The Bertz CT molecular complexity index is 704. The average molecular weight is 254 g/mol. The van der Waals surface area contributed by atoms with Crippen LogP contribution in [0.5, 0.6) is 0 Å². The first kappa shape index (κ1) is 11.6. The van der Waals surface area contributed by atoms with Crippen molar-refractivity contribution in [1.82, 2.24) is 19.6 Å². The van der Waals surface area contributed by atoms with E-state index in [-0.39, 0.29) is 0 Å². The maximum atomic E-state index is 5.54. The summed E-state index contributed by atoms with van der Waals surface area (Å²) in [5.41, 5.74) is 6.17. The molecule has 0 radical (unpaired) electrons. The summed E-state index contributed by atoms with van der Waals surface area (Å²) in [7, 11) is 0. The van der Waals surface area contributed by atoms with Gasteiger partial charge in [-0.05, 0) is 18.6 Å². The Kier molecular flexibility index (Phi) is 2.85. The van der Waals surface area contributed by atoms with Gasteiger partial charge in [0.2, 0.25) is 0 Å². The second-order valence-corrected chi connectivity index (χ2v) is 4.17. The van der Waals surface area contributed by atoms with Crippen LogP contribution in [-0.4, -0.2) is 19.6 Å². The van der Waals surface area contributed by atoms with Gasteiger partial charge in [-0.3, -0.25) is 4.98 Å². The van der Waals surface area contributed by atoms with Gasteiger partial charge >= 0.3 is 0 Å². The van der Waals surface area contributed by atoms with Crippen LogP contribution >= 0.6 is 0 Å². The number of aryl methyl sites for hydroxylation is 1. The predicted molar refractivity (Wildman–Crippen MR) is 73.4 cm³/mol. The van der Waals surface area contributed by atoms with Crippen LogP contribution in [0.25, 0.3) is 16.9 Å². The topological polar surface area (TPSA) is 81.1 Å². The Hall–Kier alpha value is -2.47. The molecule has 3 rings (SSSR count). The molecule has 0 fully saturated rings. The molecule has 6 heteroatoms. The number of nitrogens with two attached hydrogens (primary N) is 1. The smallest absolute Gasteiger partial charge is 0.158 e. The Balaban J connectivity index is 2.20. The lowest BCUT2D eigenvalue weighted by Crippen LogP contribution is -2.12. The maximum Gasteiger partial charge on any atom is 0.158 e. The number of fused-ring (bicyclic) bond motifs is 1. The van der Waals surface area contributed by atoms with Crippen molar-refractivity contribution in [2.75, 3.05) is 5.43 Å². The third-order valence-corrected chi connectivity index (χ3v) is 2.95. The molecule has 0 amide bonds. The molecule has 0 saturated carbocycles. The molecular formula is C13H14N6. The van der Waals surface area contributed by atoms with E-state index in [2.05, 4.69) is 27.4 Å². The van der Waals surface area contributed by atoms with Crippen LogP contribution in [0, 0.1) is 0 Å². The van der Waals surface area contributed by atoms with E-state index in [1.807, 2.05) is 24.3 Å². The molecule has 3 aromatic heterocycles. The Morgan fingerprint density at radius 3 is 2.95 bits per heavy atom. The molecule has 3 heterocycles. The quantitative estimate of drug-likeness (QED) is 0.548. The summed E-state index contributed by atoms with van der Waals surface area (Å²) in [4.78, 5) is 8.63. The van der Waals surface area contributed by atoms with Crippen molar-refractivity contribution < 1.29 is 0 Å². The van der Waals surface area contributed by atoms with Gasteiger partial charge in [-0.1, -0.05) is 6.92 Å². The van der Waals surface area contributed by atoms with Crippen molar-refractivity contribution in [2.45, 2.75) is 13.3 Å². The highest BCUT2D eigenvalue weighted by Gasteiger charge is 2.09. The minimum atomic E-state index is 0.719. The highest BCUT2D eigenvalue weighted by molar-refractivity contribution is 5.64. The van der Waals surface area contributed by atoms with Crippen LogP contribution < -0.4 is 11.3 Å². The Morgan fingerprint density at radius 1 is 1.37 bits per heavy atom. The average Bonchev–Trinajstić information content (AvgIpc) is 2.91. The standard InChI is InChI=1S/C13H14N6/c1-2-10-6-13(17-14)19-12(16-10)7-11(18-19)9-4-3-5-15-8-9/h3-8,17H,2,14H2,1H3. The molecule has 96 valence electrons. The first-order valence-electron chi connectivity index (χ1n) is 6.08. The highest BCUT2D eigenvalue weighted by Crippen LogP contribution is 2.20. The van der Waals surface area contributed by atoms with Gasteiger partial charge in [0.25, 0.3) is 0 Å². The molecule has 0 unspecified atom stereocenters. The van der Waals surface area contributed by atoms with Gasteiger partial charge in [0.15, 0.2) is 5.65 Å². The van der Waals surface area contributed by atoms with Gasteiger partial charge in [0.1, 0.15) is 5.82 Å². The van der Waals surface area contributed by atoms with Crippen LogP contribution in [0.15, 0.2) is 36.7 Å². The van der Waals surface area contributed by atoms with Crippen LogP contribution in [0.2, 0.25) is 0 Å². The number of hydrogen-bond acceptors (Lipinski definition) is 5. The summed E-state index contributed by atoms with van der Waals surface area (Å²) in [6.45, 7) is 2.05. The molecule has 3 aromatic rings. The second-order valence-electron chi connectivity index (χ2n) is 4.17. The third-order valence-electron chi connectivity index (χ3n) is 2.95. The number of anilines is 1. The first-order chi connectivity index (χ1) is 9.31. The Morgan fingerprint density at radius 2 is 2.26 bits per heavy atom. The molecule has 0 atom stereocenters. The van der Waals surface area contributed by atoms with E-state index in [1.54, 1.807) is 16.9 Å². The lowest BCUT2D eigenvalue weighted by Gasteiger charge is -2.05. The molecule has 6 nitrogen and oxygen atoms in total. The molecule has 0 aliphatic carbocycles. The van der Waals surface area contributed by atoms with E-state index in [4.69, 9.17) is 5.84 Å². The molecule has 19 heavy (non-hydrogen) atoms. The number of pyridine rings is 1. The summed E-state index contributed by atoms with van der Waals surface area (Å²) in [5, 5.41) is 4.50. The summed E-state index contributed by atoms with van der Waals surface area (Å²) < 4.78 is 1.70. The number of aromatic nitrogens is 4. The fourth-order valence-electron chi connectivity index (χ4n) is 1.97. The van der Waals surface area contributed by atoms with Crippen molar-refractivity contribution >= 4 is 11.5 Å². The van der Waals surface area contributed by atoms with E-state index in [9.17, 15) is 0 Å². The normalized spacial score (nSPS) is 10.8. The molecule has 3 N–H and O–H groups in total. The van der Waals surface area contributed by atoms with Crippen molar-refractivity contribution in [2.24, 2.45) is 5.84 Å². The van der Waals surface area contributed by atoms with E-state index in [0.29, 0.717) is 0 Å². The zero-order valence-electron chi connectivity index (χ0n) is 10.5. The molecule has 0 aliphatic rings. The van der Waals surface area contributed by atoms with Crippen LogP contribution in [0.4, 0.5) is 5.82 Å². The van der Waals surface area contributed by atoms with Gasteiger partial charge < -0.3 is 5.43 Å². The van der Waals surface area contributed by atoms with E-state index in [0.717, 1.165) is 34.8 Å². The third kappa shape index (κ3) is 2.02. The van der Waals surface area contributed by atoms with Crippen molar-refractivity contribution in [3.05, 3.63) is 42.4 Å². The van der Waals surface area contributed by atoms with E-state index < -0.39 is 0 Å². The number of hydrazine groups is 1. The molecule has 0 spiro atoms. The largest absolute Gasteiger partial charge is 0.308 e. The maximum absolute atomic E-state index is 5.54. The second kappa shape index (κ2) is 4.66. The molecule has 0 bridgehead atoms. The number of hydrogen-bond donors (Lipinski definition) is 2. The number of nitrogen functional groups attached to an aromatic ring is 1. The summed E-state index contributed by atoms with van der Waals surface area (Å²) >= 11 is 0. The highest BCUT2D eigenvalue weighted by atomic mass is 15.4. The van der Waals surface area contributed by atoms with Crippen molar-refractivity contribution in [3.63, 3.8) is 0 Å². The Labute approximate surface area is 110 Å². The molecule has 0 aromatic carbocycles. The van der Waals surface area contributed by atoms with Crippen LogP contribution in [0.3, 0.4) is 0 Å². The van der Waals surface area contributed by atoms with E-state index in [1.165, 1.54) is 0 Å². The van der Waals surface area contributed by atoms with Crippen LogP contribution in [0.1, 0.15) is 12.6 Å². The summed E-state index contributed by atoms with van der Waals surface area (Å²) in [6, 6.07) is 7.67. The molecular weight excluding hydrogens is 240 g/mol. The number of nitrogens with one attached hydrogen (secondary N) is 1. The van der Waals surface area contributed by atoms with Crippen LogP contribution in [-0.2, 0) is 6.42 Å². The lowest BCUT2D eigenvalue weighted by molar-refractivity contribution is 0.913. The summed E-state index contributed by atoms with van der Waals surface area (Å²) in [6.07, 6.45) is 4.36. The lowest BCUT2D eigenvalue weighted by atomic mass is 10.2. The minimum absolute atomic E-state index is 0.719. The molecule has 0 saturated heterocycles. The molecule has 0 aliphatic heterocycles. The zero-order chi connectivity index (χ0) is 13.2. The van der Waals surface area contributed by atoms with Crippen molar-refractivity contribution in [1.29, 1.82) is 0 Å². The first-order valence-corrected chi connectivity index (χ1v) is 6.08. The van der Waals surface area contributed by atoms with Gasteiger partial charge in [-0.25, -0.2) is 10.8 Å². The number of nitrogens with zero attached hydrogens (tertiary/aromatic N) is 4. The fourth-order valence-corrected chi connectivity index (χ4v) is 1.97. The zero-order valence-corrected chi connectivity index (χ0v) is 10.5. The van der Waals surface area contributed by atoms with Gasteiger partial charge in [0.05, 0.1) is 5.69 Å². The van der Waals surface area contributed by atoms with Gasteiger partial charge in [-0.15, -0.1) is 0 Å². The van der Waals surface area contributed by atoms with Gasteiger partial charge in [-0.2, -0.15) is 9.61 Å². The fraction of sp³-hybridized carbons (Fsp3) is 0.154. The predicted octanol–water partition coefficient (Wildman–Crippen LogP) is 1.64. The van der Waals surface area contributed by atoms with Gasteiger partial charge in [0, 0.05) is 35.8 Å². The summed E-state index contributed by atoms with van der Waals surface area (Å²) in [5.74, 6) is 6.26. The monoisotopic (exact) mass is 254 g/mol. The number of rotatable bonds is 3. The minimum Gasteiger partial charge on any atom is -0.308 e. The SMILES string of the molecule is CCc1cc(NN)n2nc(-c3cccnc3)cc2n1.